The van der Waals surface area contributed by atoms with Crippen molar-refractivity contribution < 1.29 is 35.1 Å². The largest absolute Gasteiger partial charge is 0.494 e. The zero-order valence-corrected chi connectivity index (χ0v) is 13.6. The third kappa shape index (κ3) is 3.84. The van der Waals surface area contributed by atoms with Gasteiger partial charge >= 0.3 is 0 Å². The fourth-order valence-electron chi connectivity index (χ4n) is 1.87. The van der Waals surface area contributed by atoms with Crippen LogP contribution in [0.5, 0.6) is 5.75 Å². The van der Waals surface area contributed by atoms with Gasteiger partial charge in [-0.3, -0.25) is 4.72 Å². The van der Waals surface area contributed by atoms with E-state index in [1.807, 2.05) is 6.92 Å². The van der Waals surface area contributed by atoms with Gasteiger partial charge in [0.1, 0.15) is 5.75 Å². The summed E-state index contributed by atoms with van der Waals surface area (Å²) in [4.78, 5) is -1.95. The van der Waals surface area contributed by atoms with E-state index in [0.717, 1.165) is 6.42 Å². The van der Waals surface area contributed by atoms with Gasteiger partial charge in [-0.05, 0) is 30.7 Å². The summed E-state index contributed by atoms with van der Waals surface area (Å²) < 4.78 is 97.7. The molecule has 136 valence electrons. The molecule has 0 radical (unpaired) electrons. The number of rotatable bonds is 6. The van der Waals surface area contributed by atoms with Crippen molar-refractivity contribution in [1.29, 1.82) is 0 Å². The smallest absolute Gasteiger partial charge is 0.267 e. The van der Waals surface area contributed by atoms with E-state index in [-0.39, 0.29) is 5.69 Å². The second-order valence-corrected chi connectivity index (χ2v) is 6.50. The van der Waals surface area contributed by atoms with Crippen molar-refractivity contribution in [2.75, 3.05) is 11.3 Å². The first-order chi connectivity index (χ1) is 11.7. The molecule has 2 aromatic rings. The SMILES string of the molecule is CCCOc1ccc(NS(=O)(=O)c2c(F)c(F)c(F)c(F)c2F)cc1. The van der Waals surface area contributed by atoms with Crippen molar-refractivity contribution >= 4 is 15.7 Å². The fourth-order valence-corrected chi connectivity index (χ4v) is 3.07. The van der Waals surface area contributed by atoms with Gasteiger partial charge in [0.15, 0.2) is 28.2 Å². The van der Waals surface area contributed by atoms with Crippen LogP contribution < -0.4 is 9.46 Å². The molecule has 2 rings (SSSR count). The molecule has 0 aliphatic rings. The topological polar surface area (TPSA) is 55.4 Å². The lowest BCUT2D eigenvalue weighted by Crippen LogP contribution is -2.19. The van der Waals surface area contributed by atoms with Crippen LogP contribution in [0.15, 0.2) is 29.2 Å². The van der Waals surface area contributed by atoms with Crippen LogP contribution >= 0.6 is 0 Å². The van der Waals surface area contributed by atoms with Crippen LogP contribution in [0.4, 0.5) is 27.6 Å². The molecule has 2 aromatic carbocycles. The van der Waals surface area contributed by atoms with Crippen molar-refractivity contribution in [1.82, 2.24) is 0 Å². The summed E-state index contributed by atoms with van der Waals surface area (Å²) in [6.45, 7) is 2.31. The van der Waals surface area contributed by atoms with Gasteiger partial charge in [0.25, 0.3) is 10.0 Å². The molecular formula is C15H12F5NO3S. The molecule has 0 spiro atoms. The Balaban J connectivity index is 2.37. The van der Waals surface area contributed by atoms with E-state index in [4.69, 9.17) is 4.74 Å². The van der Waals surface area contributed by atoms with Crippen LogP contribution in [0.25, 0.3) is 0 Å². The molecule has 10 heteroatoms. The highest BCUT2D eigenvalue weighted by molar-refractivity contribution is 7.92. The van der Waals surface area contributed by atoms with Crippen molar-refractivity contribution in [3.8, 4) is 5.75 Å². The lowest BCUT2D eigenvalue weighted by Gasteiger charge is -2.12. The van der Waals surface area contributed by atoms with E-state index in [1.165, 1.54) is 24.3 Å². The molecule has 0 heterocycles. The molecule has 0 amide bonds. The number of ether oxygens (including phenoxy) is 1. The molecule has 0 aromatic heterocycles. The molecule has 0 aliphatic carbocycles. The number of hydrogen-bond donors (Lipinski definition) is 1. The van der Waals surface area contributed by atoms with Crippen LogP contribution in [0.3, 0.4) is 0 Å². The molecule has 0 saturated heterocycles. The maximum Gasteiger partial charge on any atom is 0.267 e. The van der Waals surface area contributed by atoms with E-state index < -0.39 is 44.0 Å². The summed E-state index contributed by atoms with van der Waals surface area (Å²) in [6.07, 6.45) is 0.745. The highest BCUT2D eigenvalue weighted by Gasteiger charge is 2.33. The number of anilines is 1. The highest BCUT2D eigenvalue weighted by atomic mass is 32.2. The first kappa shape index (κ1) is 19.0. The molecule has 0 bridgehead atoms. The predicted octanol–water partition coefficient (Wildman–Crippen LogP) is 3.97. The quantitative estimate of drug-likeness (QED) is 0.468. The Bertz CT molecular complexity index is 856. The molecule has 1 N–H and O–H groups in total. The Morgan fingerprint density at radius 3 is 1.84 bits per heavy atom. The third-order valence-corrected chi connectivity index (χ3v) is 4.42. The van der Waals surface area contributed by atoms with Crippen LogP contribution in [0.2, 0.25) is 0 Å². The summed E-state index contributed by atoms with van der Waals surface area (Å²) in [7, 11) is -5.05. The number of benzene rings is 2. The molecule has 0 aliphatic heterocycles. The summed E-state index contributed by atoms with van der Waals surface area (Å²) in [5, 5.41) is 0. The minimum absolute atomic E-state index is 0.146. The van der Waals surface area contributed by atoms with Crippen LogP contribution in [-0.4, -0.2) is 15.0 Å². The Morgan fingerprint density at radius 2 is 1.36 bits per heavy atom. The van der Waals surface area contributed by atoms with Gasteiger partial charge in [0.2, 0.25) is 5.82 Å². The second-order valence-electron chi connectivity index (χ2n) is 4.88. The summed E-state index contributed by atoms with van der Waals surface area (Å²) in [6, 6.07) is 5.20. The Kier molecular flexibility index (Phi) is 5.51. The Hall–Kier alpha value is -2.36. The third-order valence-electron chi connectivity index (χ3n) is 3.02. The van der Waals surface area contributed by atoms with Crippen molar-refractivity contribution in [3.63, 3.8) is 0 Å². The minimum atomic E-state index is -5.05. The normalized spacial score (nSPS) is 11.4. The average Bonchev–Trinajstić information content (AvgIpc) is 2.57. The van der Waals surface area contributed by atoms with Crippen LogP contribution in [0, 0.1) is 29.1 Å². The van der Waals surface area contributed by atoms with Crippen LogP contribution in [-0.2, 0) is 10.0 Å². The monoisotopic (exact) mass is 381 g/mol. The van der Waals surface area contributed by atoms with Gasteiger partial charge in [-0.1, -0.05) is 6.92 Å². The molecule has 0 atom stereocenters. The molecular weight excluding hydrogens is 369 g/mol. The standard InChI is InChI=1S/C15H12F5NO3S/c1-2-7-24-9-5-3-8(4-6-9)21-25(22,23)15-13(19)11(17)10(16)12(18)14(15)20/h3-6,21H,2,7H2,1H3. The van der Waals surface area contributed by atoms with E-state index in [1.54, 1.807) is 4.72 Å². The number of hydrogen-bond acceptors (Lipinski definition) is 3. The van der Waals surface area contributed by atoms with Crippen LogP contribution in [0.1, 0.15) is 13.3 Å². The van der Waals surface area contributed by atoms with E-state index >= 15 is 0 Å². The highest BCUT2D eigenvalue weighted by Crippen LogP contribution is 2.28. The molecule has 0 saturated carbocycles. The van der Waals surface area contributed by atoms with Crippen molar-refractivity contribution in [2.45, 2.75) is 18.2 Å². The predicted molar refractivity (Wildman–Crippen MR) is 79.3 cm³/mol. The van der Waals surface area contributed by atoms with Gasteiger partial charge in [-0.25, -0.2) is 30.4 Å². The van der Waals surface area contributed by atoms with Crippen molar-refractivity contribution in [3.05, 3.63) is 53.4 Å². The summed E-state index contributed by atoms with van der Waals surface area (Å²) in [5.74, 6) is -11.6. The van der Waals surface area contributed by atoms with E-state index in [9.17, 15) is 30.4 Å². The molecule has 4 nitrogen and oxygen atoms in total. The molecule has 0 fully saturated rings. The van der Waals surface area contributed by atoms with Gasteiger partial charge < -0.3 is 4.74 Å². The van der Waals surface area contributed by atoms with Gasteiger partial charge in [-0.2, -0.15) is 0 Å². The summed E-state index contributed by atoms with van der Waals surface area (Å²) in [5.41, 5.74) is -0.146. The van der Waals surface area contributed by atoms with E-state index in [2.05, 4.69) is 0 Å². The summed E-state index contributed by atoms with van der Waals surface area (Å²) >= 11 is 0. The fraction of sp³-hybridized carbons (Fsp3) is 0.200. The Labute approximate surface area is 140 Å². The van der Waals surface area contributed by atoms with E-state index in [0.29, 0.717) is 12.4 Å². The second kappa shape index (κ2) is 7.26. The number of nitrogens with one attached hydrogen (secondary N) is 1. The van der Waals surface area contributed by atoms with Gasteiger partial charge in [0, 0.05) is 5.69 Å². The lowest BCUT2D eigenvalue weighted by molar-refractivity contribution is 0.317. The Morgan fingerprint density at radius 1 is 0.880 bits per heavy atom. The number of halogens is 5. The van der Waals surface area contributed by atoms with Gasteiger partial charge in [-0.15, -0.1) is 0 Å². The average molecular weight is 381 g/mol. The zero-order valence-electron chi connectivity index (χ0n) is 12.7. The minimum Gasteiger partial charge on any atom is -0.494 e. The molecule has 25 heavy (non-hydrogen) atoms. The maximum absolute atomic E-state index is 13.6. The molecule has 0 unspecified atom stereocenters. The lowest BCUT2D eigenvalue weighted by atomic mass is 10.3. The zero-order chi connectivity index (χ0) is 18.8. The first-order valence-corrected chi connectivity index (χ1v) is 8.44. The number of sulfonamides is 1. The van der Waals surface area contributed by atoms with Gasteiger partial charge in [0.05, 0.1) is 6.61 Å². The van der Waals surface area contributed by atoms with Crippen molar-refractivity contribution in [2.24, 2.45) is 0 Å². The maximum atomic E-state index is 13.6. The first-order valence-electron chi connectivity index (χ1n) is 6.96.